The average Bonchev–Trinajstić information content (AvgIpc) is 2.47. The topological polar surface area (TPSA) is 23.5 Å². The van der Waals surface area contributed by atoms with Crippen LogP contribution in [0.4, 0.5) is 0 Å². The van der Waals surface area contributed by atoms with Gasteiger partial charge in [-0.1, -0.05) is 20.8 Å². The van der Waals surface area contributed by atoms with Gasteiger partial charge in [-0.2, -0.15) is 0 Å². The van der Waals surface area contributed by atoms with Gasteiger partial charge in [0.25, 0.3) is 0 Å². The van der Waals surface area contributed by atoms with E-state index in [4.69, 9.17) is 0 Å². The quantitative estimate of drug-likeness (QED) is 0.737. The molecule has 0 heterocycles. The van der Waals surface area contributed by atoms with Crippen LogP contribution in [0, 0.1) is 5.41 Å². The van der Waals surface area contributed by atoms with E-state index in [9.17, 15) is 5.11 Å². The van der Waals surface area contributed by atoms with Crippen LogP contribution in [0.5, 0.6) is 0 Å². The van der Waals surface area contributed by atoms with Crippen molar-refractivity contribution in [3.8, 4) is 0 Å². The van der Waals surface area contributed by atoms with Crippen molar-refractivity contribution >= 4 is 0 Å². The number of nitrogens with zero attached hydrogens (tertiary/aromatic N) is 1. The smallest absolute Gasteiger partial charge is 0.0695 e. The van der Waals surface area contributed by atoms with E-state index in [2.05, 4.69) is 39.6 Å². The van der Waals surface area contributed by atoms with Crippen molar-refractivity contribution in [3.63, 3.8) is 0 Å². The summed E-state index contributed by atoms with van der Waals surface area (Å²) in [5.41, 5.74) is 0.289. The van der Waals surface area contributed by atoms with Crippen LogP contribution in [0.1, 0.15) is 47.0 Å². The van der Waals surface area contributed by atoms with Crippen LogP contribution >= 0.6 is 0 Å². The number of hydrogen-bond acceptors (Lipinski definition) is 2. The highest BCUT2D eigenvalue weighted by molar-refractivity contribution is 4.89. The first-order valence-electron chi connectivity index (χ1n) is 5.74. The Labute approximate surface area is 88.3 Å². The monoisotopic (exact) mass is 199 g/mol. The van der Waals surface area contributed by atoms with E-state index in [0.717, 1.165) is 12.8 Å². The van der Waals surface area contributed by atoms with Crippen molar-refractivity contribution in [2.24, 2.45) is 5.41 Å². The molecule has 1 fully saturated rings. The third-order valence-electron chi connectivity index (χ3n) is 3.83. The highest BCUT2D eigenvalue weighted by Crippen LogP contribution is 2.30. The van der Waals surface area contributed by atoms with Crippen LogP contribution in [0.2, 0.25) is 0 Å². The minimum Gasteiger partial charge on any atom is -0.391 e. The number of rotatable bonds is 2. The van der Waals surface area contributed by atoms with Gasteiger partial charge in [-0.15, -0.1) is 0 Å². The Kier molecular flexibility index (Phi) is 3.59. The zero-order valence-electron chi connectivity index (χ0n) is 10.2. The van der Waals surface area contributed by atoms with Crippen molar-refractivity contribution in [1.82, 2.24) is 4.90 Å². The molecule has 14 heavy (non-hydrogen) atoms. The summed E-state index contributed by atoms with van der Waals surface area (Å²) in [6.07, 6.45) is 3.20. The molecule has 1 aliphatic carbocycles. The normalized spacial score (nSPS) is 31.1. The van der Waals surface area contributed by atoms with Gasteiger partial charge in [-0.3, -0.25) is 4.90 Å². The molecule has 84 valence electrons. The van der Waals surface area contributed by atoms with Crippen molar-refractivity contribution in [3.05, 3.63) is 0 Å². The van der Waals surface area contributed by atoms with Gasteiger partial charge in [-0.25, -0.2) is 0 Å². The SMILES string of the molecule is CC(N(C)[C@@H]1CCC[C@H]1O)C(C)(C)C. The molecular formula is C12H25NO. The van der Waals surface area contributed by atoms with Gasteiger partial charge in [0.05, 0.1) is 6.10 Å². The predicted molar refractivity (Wildman–Crippen MR) is 60.3 cm³/mol. The van der Waals surface area contributed by atoms with E-state index in [-0.39, 0.29) is 11.5 Å². The molecule has 1 aliphatic rings. The standard InChI is InChI=1S/C12H25NO/c1-9(12(2,3)4)13(5)10-7-6-8-11(10)14/h9-11,14H,6-8H2,1-5H3/t9?,10-,11-/m1/s1. The lowest BCUT2D eigenvalue weighted by Crippen LogP contribution is -2.48. The Morgan fingerprint density at radius 2 is 1.86 bits per heavy atom. The Balaban J connectivity index is 2.60. The predicted octanol–water partition coefficient (Wildman–Crippen LogP) is 2.27. The van der Waals surface area contributed by atoms with E-state index >= 15 is 0 Å². The molecule has 0 aromatic rings. The van der Waals surface area contributed by atoms with Crippen LogP contribution in [-0.4, -0.2) is 35.2 Å². The Morgan fingerprint density at radius 3 is 2.21 bits per heavy atom. The van der Waals surface area contributed by atoms with E-state index < -0.39 is 0 Å². The molecule has 0 aromatic carbocycles. The first-order chi connectivity index (χ1) is 6.34. The van der Waals surface area contributed by atoms with Crippen molar-refractivity contribution < 1.29 is 5.11 Å². The van der Waals surface area contributed by atoms with Gasteiger partial charge in [0, 0.05) is 12.1 Å². The summed E-state index contributed by atoms with van der Waals surface area (Å²) < 4.78 is 0. The molecule has 0 radical (unpaired) electrons. The lowest BCUT2D eigenvalue weighted by atomic mass is 9.86. The fourth-order valence-electron chi connectivity index (χ4n) is 2.29. The van der Waals surface area contributed by atoms with Gasteiger partial charge in [0.1, 0.15) is 0 Å². The molecule has 0 bridgehead atoms. The van der Waals surface area contributed by atoms with Crippen molar-refractivity contribution in [2.75, 3.05) is 7.05 Å². The van der Waals surface area contributed by atoms with Crippen LogP contribution in [0.25, 0.3) is 0 Å². The lowest BCUT2D eigenvalue weighted by molar-refractivity contribution is 0.0322. The summed E-state index contributed by atoms with van der Waals surface area (Å²) in [7, 11) is 2.15. The van der Waals surface area contributed by atoms with Gasteiger partial charge in [0.15, 0.2) is 0 Å². The van der Waals surface area contributed by atoms with E-state index in [1.807, 2.05) is 0 Å². The first kappa shape index (κ1) is 12.0. The van der Waals surface area contributed by atoms with Crippen LogP contribution in [-0.2, 0) is 0 Å². The second-order valence-electron chi connectivity index (χ2n) is 5.77. The molecule has 0 aliphatic heterocycles. The van der Waals surface area contributed by atoms with Gasteiger partial charge in [-0.05, 0) is 38.6 Å². The average molecular weight is 199 g/mol. The molecular weight excluding hydrogens is 174 g/mol. The number of aliphatic hydroxyl groups is 1. The minimum absolute atomic E-state index is 0.107. The lowest BCUT2D eigenvalue weighted by Gasteiger charge is -2.40. The maximum absolute atomic E-state index is 9.83. The van der Waals surface area contributed by atoms with Gasteiger partial charge >= 0.3 is 0 Å². The third kappa shape index (κ3) is 2.48. The van der Waals surface area contributed by atoms with Crippen molar-refractivity contribution in [2.45, 2.75) is 65.1 Å². The first-order valence-corrected chi connectivity index (χ1v) is 5.74. The molecule has 0 aromatic heterocycles. The summed E-state index contributed by atoms with van der Waals surface area (Å²) in [5, 5.41) is 9.83. The summed E-state index contributed by atoms with van der Waals surface area (Å²) in [6, 6.07) is 0.893. The molecule has 2 nitrogen and oxygen atoms in total. The highest BCUT2D eigenvalue weighted by Gasteiger charge is 2.34. The van der Waals surface area contributed by atoms with Crippen LogP contribution in [0.3, 0.4) is 0 Å². The molecule has 1 unspecified atom stereocenters. The molecule has 1 rings (SSSR count). The third-order valence-corrected chi connectivity index (χ3v) is 3.83. The molecule has 0 amide bonds. The Bertz CT molecular complexity index is 183. The van der Waals surface area contributed by atoms with Crippen molar-refractivity contribution in [1.29, 1.82) is 0 Å². The summed E-state index contributed by atoms with van der Waals surface area (Å²) >= 11 is 0. The zero-order valence-corrected chi connectivity index (χ0v) is 10.2. The van der Waals surface area contributed by atoms with E-state index in [0.29, 0.717) is 12.1 Å². The molecule has 0 saturated heterocycles. The summed E-state index contributed by atoms with van der Waals surface area (Å²) in [6.45, 7) is 9.03. The second kappa shape index (κ2) is 4.19. The minimum atomic E-state index is -0.107. The molecule has 2 heteroatoms. The summed E-state index contributed by atoms with van der Waals surface area (Å²) in [5.74, 6) is 0. The molecule has 0 spiro atoms. The number of aliphatic hydroxyl groups excluding tert-OH is 1. The Morgan fingerprint density at radius 1 is 1.29 bits per heavy atom. The fraction of sp³-hybridized carbons (Fsp3) is 1.00. The van der Waals surface area contributed by atoms with Crippen LogP contribution in [0.15, 0.2) is 0 Å². The molecule has 1 N–H and O–H groups in total. The maximum atomic E-state index is 9.83. The van der Waals surface area contributed by atoms with Crippen LogP contribution < -0.4 is 0 Å². The largest absolute Gasteiger partial charge is 0.391 e. The Hall–Kier alpha value is -0.0800. The zero-order chi connectivity index (χ0) is 10.9. The van der Waals surface area contributed by atoms with Gasteiger partial charge < -0.3 is 5.11 Å². The fourth-order valence-corrected chi connectivity index (χ4v) is 2.29. The summed E-state index contributed by atoms with van der Waals surface area (Å²) in [4.78, 5) is 2.36. The molecule has 3 atom stereocenters. The van der Waals surface area contributed by atoms with E-state index in [1.165, 1.54) is 6.42 Å². The second-order valence-corrected chi connectivity index (χ2v) is 5.77. The maximum Gasteiger partial charge on any atom is 0.0695 e. The van der Waals surface area contributed by atoms with Gasteiger partial charge in [0.2, 0.25) is 0 Å². The number of hydrogen-bond donors (Lipinski definition) is 1. The highest BCUT2D eigenvalue weighted by atomic mass is 16.3. The van der Waals surface area contributed by atoms with E-state index in [1.54, 1.807) is 0 Å². The number of likely N-dealkylation sites (N-methyl/N-ethyl adjacent to an activating group) is 1. The molecule has 1 saturated carbocycles.